The number of pyridine rings is 1. The molecule has 0 aliphatic carbocycles. The van der Waals surface area contributed by atoms with Gasteiger partial charge >= 0.3 is 0 Å². The van der Waals surface area contributed by atoms with E-state index in [1.807, 2.05) is 36.5 Å². The summed E-state index contributed by atoms with van der Waals surface area (Å²) < 4.78 is 0. The van der Waals surface area contributed by atoms with Crippen LogP contribution in [-0.4, -0.2) is 36.1 Å². The summed E-state index contributed by atoms with van der Waals surface area (Å²) in [7, 11) is 0. The molecule has 5 heteroatoms. The molecule has 2 aromatic rings. The summed E-state index contributed by atoms with van der Waals surface area (Å²) in [5, 5.41) is 4.80. The summed E-state index contributed by atoms with van der Waals surface area (Å²) in [6.07, 6.45) is 2.69. The molecule has 1 unspecified atom stereocenters. The number of piperazine rings is 1. The van der Waals surface area contributed by atoms with Gasteiger partial charge in [0, 0.05) is 60.6 Å². The number of halogens is 2. The summed E-state index contributed by atoms with van der Waals surface area (Å²) in [6.45, 7) is 4.03. The van der Waals surface area contributed by atoms with Gasteiger partial charge in [-0.3, -0.25) is 9.88 Å². The van der Waals surface area contributed by atoms with Crippen molar-refractivity contribution >= 4 is 23.2 Å². The monoisotopic (exact) mass is 335 g/mol. The third-order valence-corrected chi connectivity index (χ3v) is 4.60. The van der Waals surface area contributed by atoms with Crippen LogP contribution < -0.4 is 5.32 Å². The Morgan fingerprint density at radius 1 is 1.14 bits per heavy atom. The molecule has 116 valence electrons. The molecular formula is C17H19Cl2N3. The Balaban J connectivity index is 1.91. The van der Waals surface area contributed by atoms with E-state index in [9.17, 15) is 0 Å². The zero-order valence-electron chi connectivity index (χ0n) is 12.3. The second kappa shape index (κ2) is 7.42. The largest absolute Gasteiger partial charge is 0.314 e. The molecule has 3 nitrogen and oxygen atoms in total. The van der Waals surface area contributed by atoms with Crippen molar-refractivity contribution in [3.05, 3.63) is 63.9 Å². The lowest BCUT2D eigenvalue weighted by molar-refractivity contribution is 0.171. The summed E-state index contributed by atoms with van der Waals surface area (Å²) in [6, 6.07) is 12.0. The highest BCUT2D eigenvalue weighted by Crippen LogP contribution is 2.32. The standard InChI is InChI=1S/C17H19Cl2N3/c18-13-4-5-15(16(19)11-13)17(22-9-7-20-8-10-22)12-14-3-1-2-6-21-14/h1-6,11,17,20H,7-10,12H2. The molecule has 2 heterocycles. The van der Waals surface area contributed by atoms with E-state index in [1.165, 1.54) is 0 Å². The molecule has 1 fully saturated rings. The van der Waals surface area contributed by atoms with E-state index in [0.717, 1.165) is 48.9 Å². The molecule has 0 radical (unpaired) electrons. The fraction of sp³-hybridized carbons (Fsp3) is 0.353. The minimum absolute atomic E-state index is 0.224. The van der Waals surface area contributed by atoms with Gasteiger partial charge in [0.2, 0.25) is 0 Å². The van der Waals surface area contributed by atoms with E-state index in [4.69, 9.17) is 23.2 Å². The Kier molecular flexibility index (Phi) is 5.32. The Hall–Kier alpha value is -1.13. The van der Waals surface area contributed by atoms with E-state index >= 15 is 0 Å². The number of aromatic nitrogens is 1. The van der Waals surface area contributed by atoms with Crippen molar-refractivity contribution in [1.82, 2.24) is 15.2 Å². The van der Waals surface area contributed by atoms with Crippen molar-refractivity contribution in [2.24, 2.45) is 0 Å². The van der Waals surface area contributed by atoms with Gasteiger partial charge in [-0.15, -0.1) is 0 Å². The summed E-state index contributed by atoms with van der Waals surface area (Å²) in [4.78, 5) is 6.95. The molecule has 1 N–H and O–H groups in total. The molecule has 0 amide bonds. The van der Waals surface area contributed by atoms with Gasteiger partial charge in [-0.2, -0.15) is 0 Å². The maximum atomic E-state index is 6.46. The van der Waals surface area contributed by atoms with Gasteiger partial charge in [0.05, 0.1) is 0 Å². The lowest BCUT2D eigenvalue weighted by atomic mass is 9.99. The van der Waals surface area contributed by atoms with Crippen LogP contribution in [0.4, 0.5) is 0 Å². The van der Waals surface area contributed by atoms with Gasteiger partial charge in [0.1, 0.15) is 0 Å². The van der Waals surface area contributed by atoms with Gasteiger partial charge in [-0.05, 0) is 29.8 Å². The summed E-state index contributed by atoms with van der Waals surface area (Å²) >= 11 is 12.5. The topological polar surface area (TPSA) is 28.2 Å². The SMILES string of the molecule is Clc1ccc(C(Cc2ccccn2)N2CCNCC2)c(Cl)c1. The van der Waals surface area contributed by atoms with Crippen LogP contribution in [0.5, 0.6) is 0 Å². The lowest BCUT2D eigenvalue weighted by Gasteiger charge is -2.35. The number of rotatable bonds is 4. The zero-order chi connectivity index (χ0) is 15.4. The van der Waals surface area contributed by atoms with Gasteiger partial charge in [0.25, 0.3) is 0 Å². The maximum absolute atomic E-state index is 6.46. The Morgan fingerprint density at radius 3 is 2.64 bits per heavy atom. The smallest absolute Gasteiger partial charge is 0.0468 e. The average molecular weight is 336 g/mol. The Morgan fingerprint density at radius 2 is 1.95 bits per heavy atom. The molecule has 3 rings (SSSR count). The van der Waals surface area contributed by atoms with Gasteiger partial charge in [-0.1, -0.05) is 35.3 Å². The lowest BCUT2D eigenvalue weighted by Crippen LogP contribution is -2.45. The third kappa shape index (κ3) is 3.79. The number of nitrogens with zero attached hydrogens (tertiary/aromatic N) is 2. The van der Waals surface area contributed by atoms with Crippen LogP contribution in [-0.2, 0) is 6.42 Å². The van der Waals surface area contributed by atoms with Crippen LogP contribution in [0.2, 0.25) is 10.0 Å². The highest BCUT2D eigenvalue weighted by atomic mass is 35.5. The normalized spacial score (nSPS) is 17.4. The number of benzene rings is 1. The average Bonchev–Trinajstić information content (AvgIpc) is 2.55. The molecule has 1 aliphatic rings. The van der Waals surface area contributed by atoms with Crippen molar-refractivity contribution in [1.29, 1.82) is 0 Å². The minimum atomic E-state index is 0.224. The molecule has 1 aliphatic heterocycles. The van der Waals surface area contributed by atoms with Crippen LogP contribution in [0.15, 0.2) is 42.6 Å². The van der Waals surface area contributed by atoms with Crippen molar-refractivity contribution in [2.45, 2.75) is 12.5 Å². The van der Waals surface area contributed by atoms with Crippen LogP contribution in [0.25, 0.3) is 0 Å². The summed E-state index contributed by atoms with van der Waals surface area (Å²) in [5.41, 5.74) is 2.20. The third-order valence-electron chi connectivity index (χ3n) is 4.04. The Bertz CT molecular complexity index is 613. The van der Waals surface area contributed by atoms with Crippen molar-refractivity contribution in [3.63, 3.8) is 0 Å². The van der Waals surface area contributed by atoms with Crippen LogP contribution >= 0.6 is 23.2 Å². The first kappa shape index (κ1) is 15.8. The molecule has 1 atom stereocenters. The molecule has 0 saturated carbocycles. The highest BCUT2D eigenvalue weighted by Gasteiger charge is 2.24. The van der Waals surface area contributed by atoms with Crippen molar-refractivity contribution in [3.8, 4) is 0 Å². The zero-order valence-corrected chi connectivity index (χ0v) is 13.8. The van der Waals surface area contributed by atoms with Crippen LogP contribution in [0, 0.1) is 0 Å². The second-order valence-corrected chi connectivity index (χ2v) is 6.34. The molecular weight excluding hydrogens is 317 g/mol. The van der Waals surface area contributed by atoms with E-state index in [0.29, 0.717) is 5.02 Å². The van der Waals surface area contributed by atoms with Crippen LogP contribution in [0.1, 0.15) is 17.3 Å². The number of hydrogen-bond acceptors (Lipinski definition) is 3. The van der Waals surface area contributed by atoms with Gasteiger partial charge in [0.15, 0.2) is 0 Å². The fourth-order valence-electron chi connectivity index (χ4n) is 2.92. The van der Waals surface area contributed by atoms with E-state index in [2.05, 4.69) is 21.3 Å². The number of nitrogens with one attached hydrogen (secondary N) is 1. The van der Waals surface area contributed by atoms with E-state index < -0.39 is 0 Å². The molecule has 22 heavy (non-hydrogen) atoms. The number of hydrogen-bond donors (Lipinski definition) is 1. The van der Waals surface area contributed by atoms with Crippen LogP contribution in [0.3, 0.4) is 0 Å². The second-order valence-electron chi connectivity index (χ2n) is 5.49. The molecule has 0 spiro atoms. The quantitative estimate of drug-likeness (QED) is 0.925. The van der Waals surface area contributed by atoms with E-state index in [1.54, 1.807) is 0 Å². The molecule has 0 bridgehead atoms. The predicted molar refractivity (Wildman–Crippen MR) is 91.6 cm³/mol. The first-order valence-corrected chi connectivity index (χ1v) is 8.29. The predicted octanol–water partition coefficient (Wildman–Crippen LogP) is 3.58. The maximum Gasteiger partial charge on any atom is 0.0468 e. The van der Waals surface area contributed by atoms with Crippen molar-refractivity contribution in [2.75, 3.05) is 26.2 Å². The first-order valence-electron chi connectivity index (χ1n) is 7.53. The van der Waals surface area contributed by atoms with Gasteiger partial charge < -0.3 is 5.32 Å². The Labute approximate surface area is 141 Å². The van der Waals surface area contributed by atoms with E-state index in [-0.39, 0.29) is 6.04 Å². The minimum Gasteiger partial charge on any atom is -0.314 e. The fourth-order valence-corrected chi connectivity index (χ4v) is 3.45. The first-order chi connectivity index (χ1) is 10.7. The van der Waals surface area contributed by atoms with Gasteiger partial charge in [-0.25, -0.2) is 0 Å². The molecule has 1 aromatic heterocycles. The molecule has 1 saturated heterocycles. The summed E-state index contributed by atoms with van der Waals surface area (Å²) in [5.74, 6) is 0. The highest BCUT2D eigenvalue weighted by molar-refractivity contribution is 6.35. The molecule has 1 aromatic carbocycles. The van der Waals surface area contributed by atoms with Crippen molar-refractivity contribution < 1.29 is 0 Å².